The number of nitrogens with zero attached hydrogens (tertiary/aromatic N) is 2. The largest absolute Gasteiger partial charge is 0.461 e. The van der Waals surface area contributed by atoms with Crippen LogP contribution in [-0.2, 0) is 4.74 Å². The highest BCUT2D eigenvalue weighted by Gasteiger charge is 2.19. The summed E-state index contributed by atoms with van der Waals surface area (Å²) in [7, 11) is 3.92. The number of hydrogen-bond acceptors (Lipinski definition) is 3. The summed E-state index contributed by atoms with van der Waals surface area (Å²) in [6.45, 7) is 3.15. The van der Waals surface area contributed by atoms with Crippen LogP contribution in [0.3, 0.4) is 0 Å². The molecule has 114 valence electrons. The molecule has 0 saturated carbocycles. The number of esters is 1. The maximum absolute atomic E-state index is 12.5. The van der Waals surface area contributed by atoms with Crippen molar-refractivity contribution in [1.29, 1.82) is 0 Å². The molecule has 0 aliphatic heterocycles. The van der Waals surface area contributed by atoms with Gasteiger partial charge in [-0.2, -0.15) is 0 Å². The van der Waals surface area contributed by atoms with E-state index in [9.17, 15) is 4.79 Å². The van der Waals surface area contributed by atoms with Crippen molar-refractivity contribution in [2.75, 3.05) is 27.2 Å². The molecule has 0 unspecified atom stereocenters. The van der Waals surface area contributed by atoms with Gasteiger partial charge in [0, 0.05) is 18.1 Å². The van der Waals surface area contributed by atoms with Gasteiger partial charge in [0.2, 0.25) is 0 Å². The van der Waals surface area contributed by atoms with E-state index in [-0.39, 0.29) is 5.97 Å². The molecular formula is C18H20N2O2. The van der Waals surface area contributed by atoms with E-state index < -0.39 is 0 Å². The second-order valence-electron chi connectivity index (χ2n) is 5.79. The number of rotatable bonds is 4. The minimum absolute atomic E-state index is 0.260. The lowest BCUT2D eigenvalue weighted by Gasteiger charge is -2.09. The number of ether oxygens (including phenoxy) is 1. The maximum atomic E-state index is 12.5. The fourth-order valence-corrected chi connectivity index (χ4v) is 2.65. The zero-order valence-corrected chi connectivity index (χ0v) is 13.2. The highest BCUT2D eigenvalue weighted by molar-refractivity contribution is 6.11. The van der Waals surface area contributed by atoms with Crippen LogP contribution in [0, 0.1) is 6.92 Å². The van der Waals surface area contributed by atoms with E-state index in [2.05, 4.69) is 4.40 Å². The molecular weight excluding hydrogens is 276 g/mol. The third-order valence-corrected chi connectivity index (χ3v) is 3.76. The zero-order chi connectivity index (χ0) is 15.7. The summed E-state index contributed by atoms with van der Waals surface area (Å²) in [5.74, 6) is -0.260. The second kappa shape index (κ2) is 5.81. The molecule has 0 bridgehead atoms. The van der Waals surface area contributed by atoms with Gasteiger partial charge in [0.05, 0.1) is 16.6 Å². The normalized spacial score (nSPS) is 11.5. The van der Waals surface area contributed by atoms with Crippen LogP contribution in [0.1, 0.15) is 15.9 Å². The van der Waals surface area contributed by atoms with Gasteiger partial charge in [-0.1, -0.05) is 24.3 Å². The Labute approximate surface area is 129 Å². The van der Waals surface area contributed by atoms with E-state index in [1.165, 1.54) is 0 Å². The number of benzene rings is 1. The predicted molar refractivity (Wildman–Crippen MR) is 88.5 cm³/mol. The number of hydrogen-bond donors (Lipinski definition) is 0. The number of pyridine rings is 1. The molecule has 0 fully saturated rings. The molecule has 0 aliphatic carbocycles. The van der Waals surface area contributed by atoms with Gasteiger partial charge >= 0.3 is 5.97 Å². The fourth-order valence-electron chi connectivity index (χ4n) is 2.65. The van der Waals surface area contributed by atoms with Crippen LogP contribution in [-0.4, -0.2) is 42.5 Å². The minimum Gasteiger partial charge on any atom is -0.461 e. The van der Waals surface area contributed by atoms with Gasteiger partial charge in [-0.25, -0.2) is 4.79 Å². The van der Waals surface area contributed by atoms with Crippen molar-refractivity contribution in [1.82, 2.24) is 9.30 Å². The SMILES string of the molecule is Cc1ccc2c(C(=O)OCCN(C)C)c3ccccc3n2c1. The standard InChI is InChI=1S/C18H20N2O2/c1-13-8-9-16-17(18(21)22-11-10-19(2)3)14-6-4-5-7-15(14)20(16)12-13/h4-9,12H,10-11H2,1-3H3. The number of likely N-dealkylation sites (N-methyl/N-ethyl adjacent to an activating group) is 1. The molecule has 4 heteroatoms. The summed E-state index contributed by atoms with van der Waals surface area (Å²) in [5.41, 5.74) is 3.72. The first-order valence-electron chi connectivity index (χ1n) is 7.39. The van der Waals surface area contributed by atoms with Crippen molar-refractivity contribution in [2.24, 2.45) is 0 Å². The summed E-state index contributed by atoms with van der Waals surface area (Å²) in [4.78, 5) is 14.5. The molecule has 3 rings (SSSR count). The number of aryl methyl sites for hydroxylation is 1. The Hall–Kier alpha value is -2.33. The fraction of sp³-hybridized carbons (Fsp3) is 0.278. The minimum atomic E-state index is -0.260. The molecule has 0 radical (unpaired) electrons. The molecule has 22 heavy (non-hydrogen) atoms. The van der Waals surface area contributed by atoms with Crippen molar-refractivity contribution >= 4 is 22.4 Å². The first-order chi connectivity index (χ1) is 10.6. The molecule has 2 aromatic heterocycles. The van der Waals surface area contributed by atoms with Crippen molar-refractivity contribution < 1.29 is 9.53 Å². The second-order valence-corrected chi connectivity index (χ2v) is 5.79. The van der Waals surface area contributed by atoms with E-state index in [1.807, 2.05) is 68.5 Å². The van der Waals surface area contributed by atoms with Crippen LogP contribution in [0.4, 0.5) is 0 Å². The molecule has 0 atom stereocenters. The average Bonchev–Trinajstić information content (AvgIpc) is 2.80. The molecule has 1 aromatic carbocycles. The Morgan fingerprint density at radius 2 is 1.91 bits per heavy atom. The summed E-state index contributed by atoms with van der Waals surface area (Å²) >= 11 is 0. The first kappa shape index (κ1) is 14.6. The molecule has 0 aliphatic rings. The monoisotopic (exact) mass is 296 g/mol. The maximum Gasteiger partial charge on any atom is 0.341 e. The Morgan fingerprint density at radius 1 is 1.14 bits per heavy atom. The molecule has 3 aromatic rings. The molecule has 0 N–H and O–H groups in total. The van der Waals surface area contributed by atoms with Crippen LogP contribution < -0.4 is 0 Å². The smallest absolute Gasteiger partial charge is 0.341 e. The van der Waals surface area contributed by atoms with Crippen molar-refractivity contribution in [3.63, 3.8) is 0 Å². The number of aromatic nitrogens is 1. The highest BCUT2D eigenvalue weighted by Crippen LogP contribution is 2.27. The summed E-state index contributed by atoms with van der Waals surface area (Å²) in [6, 6.07) is 11.9. The van der Waals surface area contributed by atoms with E-state index in [0.29, 0.717) is 18.7 Å². The van der Waals surface area contributed by atoms with Gasteiger partial charge in [0.1, 0.15) is 6.61 Å². The summed E-state index contributed by atoms with van der Waals surface area (Å²) in [5, 5.41) is 0.933. The zero-order valence-electron chi connectivity index (χ0n) is 13.2. The quantitative estimate of drug-likeness (QED) is 0.694. The van der Waals surface area contributed by atoms with E-state index in [4.69, 9.17) is 4.74 Å². The van der Waals surface area contributed by atoms with Gasteiger partial charge < -0.3 is 14.0 Å². The Kier molecular flexibility index (Phi) is 3.86. The summed E-state index contributed by atoms with van der Waals surface area (Å²) in [6.07, 6.45) is 2.05. The van der Waals surface area contributed by atoms with Crippen molar-refractivity contribution in [2.45, 2.75) is 6.92 Å². The van der Waals surface area contributed by atoms with Gasteiger partial charge in [-0.15, -0.1) is 0 Å². The third kappa shape index (κ3) is 2.57. The van der Waals surface area contributed by atoms with Crippen LogP contribution in [0.15, 0.2) is 42.6 Å². The average molecular weight is 296 g/mol. The number of carbonyl (C=O) groups is 1. The molecule has 0 amide bonds. The molecule has 4 nitrogen and oxygen atoms in total. The lowest BCUT2D eigenvalue weighted by atomic mass is 10.1. The van der Waals surface area contributed by atoms with Gasteiger partial charge in [-0.05, 0) is 38.7 Å². The Balaban J connectivity index is 2.08. The van der Waals surface area contributed by atoms with Crippen molar-refractivity contribution in [3.8, 4) is 0 Å². The predicted octanol–water partition coefficient (Wildman–Crippen LogP) is 3.12. The van der Waals surface area contributed by atoms with Crippen LogP contribution in [0.2, 0.25) is 0 Å². The topological polar surface area (TPSA) is 34.0 Å². The highest BCUT2D eigenvalue weighted by atomic mass is 16.5. The Morgan fingerprint density at radius 3 is 2.68 bits per heavy atom. The molecule has 0 saturated heterocycles. The molecule has 0 spiro atoms. The van der Waals surface area contributed by atoms with Crippen LogP contribution >= 0.6 is 0 Å². The number of para-hydroxylation sites is 1. The van der Waals surface area contributed by atoms with Crippen molar-refractivity contribution in [3.05, 3.63) is 53.7 Å². The van der Waals surface area contributed by atoms with Crippen LogP contribution in [0.25, 0.3) is 16.4 Å². The number of fused-ring (bicyclic) bond motifs is 3. The lowest BCUT2D eigenvalue weighted by Crippen LogP contribution is -2.20. The third-order valence-electron chi connectivity index (χ3n) is 3.76. The van der Waals surface area contributed by atoms with E-state index in [1.54, 1.807) is 0 Å². The lowest BCUT2D eigenvalue weighted by molar-refractivity contribution is 0.0486. The summed E-state index contributed by atoms with van der Waals surface area (Å²) < 4.78 is 7.51. The van der Waals surface area contributed by atoms with E-state index >= 15 is 0 Å². The van der Waals surface area contributed by atoms with E-state index in [0.717, 1.165) is 22.0 Å². The number of carbonyl (C=O) groups excluding carboxylic acids is 1. The van der Waals surface area contributed by atoms with Gasteiger partial charge in [0.15, 0.2) is 0 Å². The van der Waals surface area contributed by atoms with Crippen LogP contribution in [0.5, 0.6) is 0 Å². The Bertz CT molecular complexity index is 834. The van der Waals surface area contributed by atoms with Gasteiger partial charge in [0.25, 0.3) is 0 Å². The van der Waals surface area contributed by atoms with Gasteiger partial charge in [-0.3, -0.25) is 0 Å². The first-order valence-corrected chi connectivity index (χ1v) is 7.39. The molecule has 2 heterocycles.